The summed E-state index contributed by atoms with van der Waals surface area (Å²) < 4.78 is 0. The molecule has 3 atom stereocenters. The van der Waals surface area contributed by atoms with Crippen molar-refractivity contribution in [3.05, 3.63) is 34.9 Å². The Bertz CT molecular complexity index is 681. The summed E-state index contributed by atoms with van der Waals surface area (Å²) in [6.07, 6.45) is 4.30. The van der Waals surface area contributed by atoms with Crippen molar-refractivity contribution in [2.75, 3.05) is 0 Å². The quantitative estimate of drug-likeness (QED) is 0.845. The van der Waals surface area contributed by atoms with E-state index in [0.717, 1.165) is 19.3 Å². The van der Waals surface area contributed by atoms with Gasteiger partial charge in [0.25, 0.3) is 11.8 Å². The Morgan fingerprint density at radius 1 is 1.10 bits per heavy atom. The number of benzene rings is 1. The second-order valence-corrected chi connectivity index (χ2v) is 6.29. The van der Waals surface area contributed by atoms with E-state index in [4.69, 9.17) is 5.11 Å². The summed E-state index contributed by atoms with van der Waals surface area (Å²) in [6, 6.07) is 4.18. The highest BCUT2D eigenvalue weighted by molar-refractivity contribution is 6.22. The summed E-state index contributed by atoms with van der Waals surface area (Å²) in [5, 5.41) is 9.02. The molecule has 0 spiro atoms. The Kier molecular flexibility index (Phi) is 2.49. The van der Waals surface area contributed by atoms with Gasteiger partial charge in [-0.3, -0.25) is 14.5 Å². The second-order valence-electron chi connectivity index (χ2n) is 6.29. The highest BCUT2D eigenvalue weighted by Gasteiger charge is 2.49. The molecule has 3 unspecified atom stereocenters. The first-order valence-corrected chi connectivity index (χ1v) is 7.31. The Morgan fingerprint density at radius 2 is 1.86 bits per heavy atom. The maximum atomic E-state index is 12.6. The van der Waals surface area contributed by atoms with Crippen LogP contribution in [0.4, 0.5) is 0 Å². The van der Waals surface area contributed by atoms with Crippen LogP contribution < -0.4 is 0 Å². The summed E-state index contributed by atoms with van der Waals surface area (Å²) in [6.45, 7) is 0. The predicted octanol–water partition coefficient (Wildman–Crippen LogP) is 2.17. The van der Waals surface area contributed by atoms with Crippen LogP contribution in [0.3, 0.4) is 0 Å². The van der Waals surface area contributed by atoms with E-state index in [-0.39, 0.29) is 29.0 Å². The normalized spacial score (nSPS) is 30.1. The Balaban J connectivity index is 1.72. The van der Waals surface area contributed by atoms with Gasteiger partial charge in [0, 0.05) is 6.04 Å². The molecule has 1 N–H and O–H groups in total. The van der Waals surface area contributed by atoms with Crippen molar-refractivity contribution >= 4 is 17.8 Å². The van der Waals surface area contributed by atoms with Crippen LogP contribution in [0.2, 0.25) is 0 Å². The number of rotatable bonds is 2. The molecule has 1 aliphatic heterocycles. The van der Waals surface area contributed by atoms with Crippen molar-refractivity contribution in [2.45, 2.75) is 31.7 Å². The molecule has 2 aliphatic carbocycles. The molecule has 0 radical (unpaired) electrons. The maximum absolute atomic E-state index is 12.6. The Hall–Kier alpha value is -2.17. The van der Waals surface area contributed by atoms with Gasteiger partial charge in [0.05, 0.1) is 16.7 Å². The van der Waals surface area contributed by atoms with Crippen LogP contribution in [0.5, 0.6) is 0 Å². The average Bonchev–Trinajstić information content (AvgIpc) is 3.14. The molecule has 5 nitrogen and oxygen atoms in total. The van der Waals surface area contributed by atoms with Crippen LogP contribution in [0.25, 0.3) is 0 Å². The number of carbonyl (C=O) groups is 3. The van der Waals surface area contributed by atoms with Gasteiger partial charge in [0.15, 0.2) is 0 Å². The maximum Gasteiger partial charge on any atom is 0.335 e. The number of fused-ring (bicyclic) bond motifs is 3. The van der Waals surface area contributed by atoms with E-state index in [1.807, 2.05) is 0 Å². The lowest BCUT2D eigenvalue weighted by molar-refractivity contribution is 0.0529. The van der Waals surface area contributed by atoms with Crippen LogP contribution in [0, 0.1) is 11.8 Å². The average molecular weight is 285 g/mol. The summed E-state index contributed by atoms with van der Waals surface area (Å²) in [4.78, 5) is 37.5. The van der Waals surface area contributed by atoms with Gasteiger partial charge in [-0.1, -0.05) is 6.42 Å². The van der Waals surface area contributed by atoms with Crippen LogP contribution in [0.1, 0.15) is 56.8 Å². The zero-order valence-corrected chi connectivity index (χ0v) is 11.4. The topological polar surface area (TPSA) is 74.7 Å². The third-order valence-electron chi connectivity index (χ3n) is 5.20. The molecule has 2 fully saturated rings. The van der Waals surface area contributed by atoms with Crippen molar-refractivity contribution in [3.63, 3.8) is 0 Å². The van der Waals surface area contributed by atoms with Crippen molar-refractivity contribution in [2.24, 2.45) is 11.8 Å². The molecular formula is C16H15NO4. The van der Waals surface area contributed by atoms with E-state index < -0.39 is 5.97 Å². The minimum absolute atomic E-state index is 0.00410. The number of amides is 2. The lowest BCUT2D eigenvalue weighted by atomic mass is 9.94. The Labute approximate surface area is 121 Å². The zero-order valence-electron chi connectivity index (χ0n) is 11.4. The predicted molar refractivity (Wildman–Crippen MR) is 73.1 cm³/mol. The molecule has 2 bridgehead atoms. The minimum Gasteiger partial charge on any atom is -0.478 e. The highest BCUT2D eigenvalue weighted by atomic mass is 16.4. The molecule has 1 aromatic carbocycles. The first-order valence-electron chi connectivity index (χ1n) is 7.31. The largest absolute Gasteiger partial charge is 0.478 e. The third kappa shape index (κ3) is 1.66. The number of imide groups is 1. The van der Waals surface area contributed by atoms with E-state index >= 15 is 0 Å². The summed E-state index contributed by atoms with van der Waals surface area (Å²) in [5.41, 5.74) is 0.625. The van der Waals surface area contributed by atoms with E-state index in [9.17, 15) is 14.4 Å². The molecule has 3 aliphatic rings. The number of carboxylic acid groups (broad SMARTS) is 1. The van der Waals surface area contributed by atoms with E-state index in [1.165, 1.54) is 29.5 Å². The van der Waals surface area contributed by atoms with Crippen LogP contribution >= 0.6 is 0 Å². The molecule has 5 heteroatoms. The van der Waals surface area contributed by atoms with Crippen molar-refractivity contribution in [3.8, 4) is 0 Å². The fourth-order valence-electron chi connectivity index (χ4n) is 4.22. The summed E-state index contributed by atoms with van der Waals surface area (Å²) in [5.74, 6) is -0.605. The van der Waals surface area contributed by atoms with Crippen LogP contribution in [-0.4, -0.2) is 33.8 Å². The molecule has 0 aromatic heterocycles. The molecule has 0 saturated heterocycles. The number of hydrogen-bond donors (Lipinski definition) is 1. The summed E-state index contributed by atoms with van der Waals surface area (Å²) in [7, 11) is 0. The van der Waals surface area contributed by atoms with Gasteiger partial charge >= 0.3 is 5.97 Å². The van der Waals surface area contributed by atoms with E-state index in [0.29, 0.717) is 17.4 Å². The smallest absolute Gasteiger partial charge is 0.335 e. The van der Waals surface area contributed by atoms with Gasteiger partial charge in [0.2, 0.25) is 0 Å². The first kappa shape index (κ1) is 12.6. The molecule has 2 amide bonds. The molecule has 1 aromatic rings. The molecule has 21 heavy (non-hydrogen) atoms. The third-order valence-corrected chi connectivity index (χ3v) is 5.20. The van der Waals surface area contributed by atoms with Crippen molar-refractivity contribution in [1.29, 1.82) is 0 Å². The van der Waals surface area contributed by atoms with Gasteiger partial charge in [-0.2, -0.15) is 0 Å². The lowest BCUT2D eigenvalue weighted by Crippen LogP contribution is -2.42. The molecule has 1 heterocycles. The lowest BCUT2D eigenvalue weighted by Gasteiger charge is -2.29. The van der Waals surface area contributed by atoms with E-state index in [2.05, 4.69) is 0 Å². The molecule has 4 rings (SSSR count). The number of nitrogens with zero attached hydrogens (tertiary/aromatic N) is 1. The fraction of sp³-hybridized carbons (Fsp3) is 0.438. The fourth-order valence-corrected chi connectivity index (χ4v) is 4.22. The summed E-state index contributed by atoms with van der Waals surface area (Å²) >= 11 is 0. The van der Waals surface area contributed by atoms with E-state index in [1.54, 1.807) is 0 Å². The highest BCUT2D eigenvalue weighted by Crippen LogP contribution is 2.48. The van der Waals surface area contributed by atoms with Crippen LogP contribution in [-0.2, 0) is 0 Å². The number of hydrogen-bond acceptors (Lipinski definition) is 3. The van der Waals surface area contributed by atoms with Crippen molar-refractivity contribution in [1.82, 2.24) is 4.90 Å². The standard InChI is InChI=1S/C16H15NO4/c18-14-11-4-3-10(16(20)21)7-12(11)15(19)17(14)13-6-8-1-2-9(13)5-8/h3-4,7-9,13H,1-2,5-6H2,(H,20,21). The van der Waals surface area contributed by atoms with Gasteiger partial charge in [-0.15, -0.1) is 0 Å². The SMILES string of the molecule is O=C(O)c1ccc2c(c1)C(=O)N(C1CC3CCC1C3)C2=O. The number of carbonyl (C=O) groups excluding carboxylic acids is 2. The van der Waals surface area contributed by atoms with Crippen LogP contribution in [0.15, 0.2) is 18.2 Å². The monoisotopic (exact) mass is 285 g/mol. The Morgan fingerprint density at radius 3 is 2.48 bits per heavy atom. The van der Waals surface area contributed by atoms with Gasteiger partial charge in [-0.05, 0) is 49.3 Å². The van der Waals surface area contributed by atoms with Gasteiger partial charge in [0.1, 0.15) is 0 Å². The molecule has 2 saturated carbocycles. The molecular weight excluding hydrogens is 270 g/mol. The second kappa shape index (κ2) is 4.16. The van der Waals surface area contributed by atoms with Gasteiger partial charge < -0.3 is 5.11 Å². The number of carboxylic acids is 1. The van der Waals surface area contributed by atoms with Gasteiger partial charge in [-0.25, -0.2) is 4.79 Å². The van der Waals surface area contributed by atoms with Crippen molar-refractivity contribution < 1.29 is 19.5 Å². The zero-order chi connectivity index (χ0) is 14.7. The number of aromatic carboxylic acids is 1. The minimum atomic E-state index is -1.09. The molecule has 108 valence electrons. The first-order chi connectivity index (χ1) is 10.1.